The average Bonchev–Trinajstić information content (AvgIpc) is 2.42. The molecule has 20 heavy (non-hydrogen) atoms. The van der Waals surface area contributed by atoms with Crippen LogP contribution in [-0.2, 0) is 4.74 Å². The minimum absolute atomic E-state index is 0.236. The van der Waals surface area contributed by atoms with E-state index in [0.29, 0.717) is 16.5 Å². The van der Waals surface area contributed by atoms with Crippen molar-refractivity contribution >= 4 is 29.1 Å². The molecule has 0 heterocycles. The molecule has 1 rings (SSSR count). The first kappa shape index (κ1) is 16.3. The Labute approximate surface area is 127 Å². The fourth-order valence-corrected chi connectivity index (χ4v) is 1.93. The summed E-state index contributed by atoms with van der Waals surface area (Å²) in [5, 5.41) is 12.0. The maximum Gasteiger partial charge on any atom is 0.254 e. The third-order valence-electron chi connectivity index (χ3n) is 2.36. The smallest absolute Gasteiger partial charge is 0.254 e. The standard InChI is InChI=1S/C14H12Cl2N2O2/c1-3-12(4-2)20-13(8-17)18-14(19)9-5-10(15)7-11(16)6-9/h1,5-7,12-13H,4H2,2H3,(H,18,19). The van der Waals surface area contributed by atoms with Crippen LogP contribution >= 0.6 is 23.2 Å². The summed E-state index contributed by atoms with van der Waals surface area (Å²) in [4.78, 5) is 12.0. The molecule has 1 aromatic rings. The molecule has 1 amide bonds. The lowest BCUT2D eigenvalue weighted by Gasteiger charge is -2.16. The van der Waals surface area contributed by atoms with E-state index in [9.17, 15) is 4.79 Å². The summed E-state index contributed by atoms with van der Waals surface area (Å²) in [6, 6.07) is 6.20. The van der Waals surface area contributed by atoms with Gasteiger partial charge in [0.1, 0.15) is 12.2 Å². The molecule has 0 spiro atoms. The van der Waals surface area contributed by atoms with E-state index in [1.807, 2.05) is 13.0 Å². The van der Waals surface area contributed by atoms with Crippen molar-refractivity contribution in [3.8, 4) is 18.4 Å². The third kappa shape index (κ3) is 4.75. The van der Waals surface area contributed by atoms with Crippen molar-refractivity contribution in [1.29, 1.82) is 5.26 Å². The Morgan fingerprint density at radius 2 is 2.05 bits per heavy atom. The molecule has 104 valence electrons. The number of nitrogens with zero attached hydrogens (tertiary/aromatic N) is 1. The number of terminal acetylenes is 1. The van der Waals surface area contributed by atoms with Gasteiger partial charge in [0.15, 0.2) is 0 Å². The van der Waals surface area contributed by atoms with E-state index < -0.39 is 18.2 Å². The van der Waals surface area contributed by atoms with Crippen LogP contribution in [0, 0.1) is 23.7 Å². The first-order chi connectivity index (χ1) is 9.49. The lowest BCUT2D eigenvalue weighted by Crippen LogP contribution is -2.38. The molecule has 2 unspecified atom stereocenters. The largest absolute Gasteiger partial charge is 0.329 e. The van der Waals surface area contributed by atoms with E-state index in [1.54, 1.807) is 0 Å². The van der Waals surface area contributed by atoms with Gasteiger partial charge in [0.25, 0.3) is 5.91 Å². The Bertz CT molecular complexity index is 555. The Hall–Kier alpha value is -1.72. The van der Waals surface area contributed by atoms with Gasteiger partial charge in [0.05, 0.1) is 0 Å². The number of ether oxygens (including phenoxy) is 1. The molecule has 0 aliphatic rings. The van der Waals surface area contributed by atoms with Gasteiger partial charge in [-0.3, -0.25) is 4.79 Å². The maximum absolute atomic E-state index is 12.0. The minimum atomic E-state index is -1.14. The van der Waals surface area contributed by atoms with Gasteiger partial charge in [-0.05, 0) is 24.6 Å². The SMILES string of the molecule is C#CC(CC)OC(C#N)NC(=O)c1cc(Cl)cc(Cl)c1. The van der Waals surface area contributed by atoms with Gasteiger partial charge in [-0.15, -0.1) is 6.42 Å². The fourth-order valence-electron chi connectivity index (χ4n) is 1.40. The molecule has 0 aliphatic heterocycles. The van der Waals surface area contributed by atoms with E-state index in [4.69, 9.17) is 39.6 Å². The highest BCUT2D eigenvalue weighted by Crippen LogP contribution is 2.19. The van der Waals surface area contributed by atoms with E-state index in [1.165, 1.54) is 18.2 Å². The van der Waals surface area contributed by atoms with Crippen LogP contribution in [-0.4, -0.2) is 18.2 Å². The number of carbonyl (C=O) groups excluding carboxylic acids is 1. The molecular weight excluding hydrogens is 299 g/mol. The molecular formula is C14H12Cl2N2O2. The highest BCUT2D eigenvalue weighted by Gasteiger charge is 2.17. The predicted molar refractivity (Wildman–Crippen MR) is 77.3 cm³/mol. The number of hydrogen-bond acceptors (Lipinski definition) is 3. The van der Waals surface area contributed by atoms with Crippen LogP contribution in [0.1, 0.15) is 23.7 Å². The fraction of sp³-hybridized carbons (Fsp3) is 0.286. The highest BCUT2D eigenvalue weighted by molar-refractivity contribution is 6.35. The quantitative estimate of drug-likeness (QED) is 0.671. The summed E-state index contributed by atoms with van der Waals surface area (Å²) in [6.45, 7) is 1.82. The lowest BCUT2D eigenvalue weighted by atomic mass is 10.2. The second-order valence-corrected chi connectivity index (χ2v) is 4.71. The molecule has 6 heteroatoms. The molecule has 1 N–H and O–H groups in total. The molecule has 4 nitrogen and oxygen atoms in total. The molecule has 2 atom stereocenters. The predicted octanol–water partition coefficient (Wildman–Crippen LogP) is 3.00. The number of halogens is 2. The Kier molecular flexibility index (Phi) is 6.35. The summed E-state index contributed by atoms with van der Waals surface area (Å²) >= 11 is 11.6. The number of hydrogen-bond donors (Lipinski definition) is 1. The number of nitrogens with one attached hydrogen (secondary N) is 1. The lowest BCUT2D eigenvalue weighted by molar-refractivity contribution is 0.0284. The van der Waals surface area contributed by atoms with Crippen LogP contribution in [0.4, 0.5) is 0 Å². The highest BCUT2D eigenvalue weighted by atomic mass is 35.5. The molecule has 0 bridgehead atoms. The van der Waals surface area contributed by atoms with Crippen LogP contribution in [0.25, 0.3) is 0 Å². The summed E-state index contributed by atoms with van der Waals surface area (Å²) < 4.78 is 5.26. The van der Waals surface area contributed by atoms with E-state index >= 15 is 0 Å². The summed E-state index contributed by atoms with van der Waals surface area (Å²) in [5.74, 6) is 1.86. The molecule has 0 aliphatic carbocycles. The topological polar surface area (TPSA) is 62.1 Å². The summed E-state index contributed by atoms with van der Waals surface area (Å²) in [6.07, 6.45) is 4.09. The van der Waals surface area contributed by atoms with Crippen LogP contribution in [0.15, 0.2) is 18.2 Å². The first-order valence-corrected chi connectivity index (χ1v) is 6.54. The van der Waals surface area contributed by atoms with Crippen molar-refractivity contribution in [2.45, 2.75) is 25.7 Å². The molecule has 0 saturated carbocycles. The van der Waals surface area contributed by atoms with Gasteiger partial charge in [-0.25, -0.2) is 0 Å². The molecule has 1 aromatic carbocycles. The minimum Gasteiger partial charge on any atom is -0.329 e. The third-order valence-corrected chi connectivity index (χ3v) is 2.80. The zero-order chi connectivity index (χ0) is 15.1. The molecule has 0 radical (unpaired) electrons. The van der Waals surface area contributed by atoms with Gasteiger partial charge < -0.3 is 10.1 Å². The zero-order valence-electron chi connectivity index (χ0n) is 10.7. The molecule has 0 fully saturated rings. The Balaban J connectivity index is 2.78. The maximum atomic E-state index is 12.0. The first-order valence-electron chi connectivity index (χ1n) is 5.78. The van der Waals surface area contributed by atoms with E-state index in [-0.39, 0.29) is 5.56 Å². The van der Waals surface area contributed by atoms with E-state index in [0.717, 1.165) is 0 Å². The second-order valence-electron chi connectivity index (χ2n) is 3.84. The van der Waals surface area contributed by atoms with Crippen molar-refractivity contribution in [2.24, 2.45) is 0 Å². The second kappa shape index (κ2) is 7.77. The summed E-state index contributed by atoms with van der Waals surface area (Å²) in [7, 11) is 0. The van der Waals surface area contributed by atoms with Gasteiger partial charge in [-0.2, -0.15) is 5.26 Å². The molecule has 0 saturated heterocycles. The summed E-state index contributed by atoms with van der Waals surface area (Å²) in [5.41, 5.74) is 0.236. The van der Waals surface area contributed by atoms with Crippen LogP contribution in [0.5, 0.6) is 0 Å². The van der Waals surface area contributed by atoms with Gasteiger partial charge in [0.2, 0.25) is 6.23 Å². The molecule has 0 aromatic heterocycles. The van der Waals surface area contributed by atoms with Crippen molar-refractivity contribution in [3.63, 3.8) is 0 Å². The van der Waals surface area contributed by atoms with Crippen molar-refractivity contribution in [1.82, 2.24) is 5.32 Å². The van der Waals surface area contributed by atoms with Crippen LogP contribution < -0.4 is 5.32 Å². The van der Waals surface area contributed by atoms with Crippen LogP contribution in [0.3, 0.4) is 0 Å². The number of nitriles is 1. The number of rotatable bonds is 5. The number of carbonyl (C=O) groups is 1. The van der Waals surface area contributed by atoms with Crippen LogP contribution in [0.2, 0.25) is 10.0 Å². The van der Waals surface area contributed by atoms with Crippen molar-refractivity contribution in [3.05, 3.63) is 33.8 Å². The van der Waals surface area contributed by atoms with Crippen molar-refractivity contribution in [2.75, 3.05) is 0 Å². The van der Waals surface area contributed by atoms with Gasteiger partial charge in [0, 0.05) is 15.6 Å². The van der Waals surface area contributed by atoms with E-state index in [2.05, 4.69) is 11.2 Å². The monoisotopic (exact) mass is 310 g/mol. The number of amides is 1. The number of benzene rings is 1. The average molecular weight is 311 g/mol. The Morgan fingerprint density at radius 3 is 2.50 bits per heavy atom. The van der Waals surface area contributed by atoms with Gasteiger partial charge >= 0.3 is 0 Å². The van der Waals surface area contributed by atoms with Gasteiger partial charge in [-0.1, -0.05) is 36.0 Å². The zero-order valence-corrected chi connectivity index (χ0v) is 12.2. The normalized spacial score (nSPS) is 12.8. The Morgan fingerprint density at radius 1 is 1.45 bits per heavy atom. The van der Waals surface area contributed by atoms with Crippen molar-refractivity contribution < 1.29 is 9.53 Å².